The summed E-state index contributed by atoms with van der Waals surface area (Å²) in [4.78, 5) is 10.9. The van der Waals surface area contributed by atoms with Crippen LogP contribution >= 0.6 is 11.3 Å². The zero-order valence-electron chi connectivity index (χ0n) is 8.92. The molecule has 8 heteroatoms. The van der Waals surface area contributed by atoms with E-state index in [0.717, 1.165) is 24.2 Å². The number of rotatable bonds is 4. The lowest BCUT2D eigenvalue weighted by Crippen LogP contribution is -2.33. The van der Waals surface area contributed by atoms with Crippen LogP contribution in [0, 0.1) is 0 Å². The van der Waals surface area contributed by atoms with Gasteiger partial charge in [0.15, 0.2) is 0 Å². The molecule has 0 bridgehead atoms. The Bertz CT molecular complexity index is 517. The Hall–Kier alpha value is -1.12. The van der Waals surface area contributed by atoms with Crippen molar-refractivity contribution in [2.24, 2.45) is 0 Å². The van der Waals surface area contributed by atoms with Crippen LogP contribution in [0.25, 0.3) is 0 Å². The Kier molecular flexibility index (Phi) is 3.36. The van der Waals surface area contributed by atoms with Crippen molar-refractivity contribution in [3.8, 4) is 0 Å². The van der Waals surface area contributed by atoms with E-state index in [4.69, 9.17) is 5.11 Å². The highest BCUT2D eigenvalue weighted by Crippen LogP contribution is 2.24. The number of hydrogen-bond donors (Lipinski definition) is 2. The monoisotopic (exact) mass is 276 g/mol. The molecule has 1 aliphatic heterocycles. The molecule has 6 nitrogen and oxygen atoms in total. The molecule has 1 saturated heterocycles. The fraction of sp³-hybridized carbons (Fsp3) is 0.444. The van der Waals surface area contributed by atoms with Crippen LogP contribution in [0.3, 0.4) is 0 Å². The molecule has 1 fully saturated rings. The molecule has 17 heavy (non-hydrogen) atoms. The molecule has 1 aromatic heterocycles. The van der Waals surface area contributed by atoms with Gasteiger partial charge in [0.1, 0.15) is 4.88 Å². The van der Waals surface area contributed by atoms with E-state index in [-0.39, 0.29) is 10.6 Å². The highest BCUT2D eigenvalue weighted by molar-refractivity contribution is 7.90. The van der Waals surface area contributed by atoms with Crippen LogP contribution in [0.4, 0.5) is 5.69 Å². The van der Waals surface area contributed by atoms with Crippen molar-refractivity contribution < 1.29 is 18.3 Å². The number of aromatic carboxylic acids is 1. The molecule has 2 N–H and O–H groups in total. The molecule has 0 aromatic carbocycles. The predicted octanol–water partition coefficient (Wildman–Crippen LogP) is 1.20. The third-order valence-electron chi connectivity index (χ3n) is 2.50. The van der Waals surface area contributed by atoms with Crippen LogP contribution < -0.4 is 4.72 Å². The predicted molar refractivity (Wildman–Crippen MR) is 64.6 cm³/mol. The summed E-state index contributed by atoms with van der Waals surface area (Å²) >= 11 is 0.996. The van der Waals surface area contributed by atoms with Gasteiger partial charge in [-0.1, -0.05) is 0 Å². The maximum Gasteiger partial charge on any atom is 0.348 e. The number of hydrogen-bond acceptors (Lipinski definition) is 4. The molecule has 0 aliphatic carbocycles. The van der Waals surface area contributed by atoms with Crippen LogP contribution in [-0.2, 0) is 10.2 Å². The van der Waals surface area contributed by atoms with Gasteiger partial charge in [0.25, 0.3) is 0 Å². The maximum atomic E-state index is 11.9. The van der Waals surface area contributed by atoms with Gasteiger partial charge >= 0.3 is 16.2 Å². The van der Waals surface area contributed by atoms with E-state index in [0.29, 0.717) is 13.1 Å². The first kappa shape index (κ1) is 12.3. The molecule has 0 saturated carbocycles. The Morgan fingerprint density at radius 3 is 2.65 bits per heavy atom. The minimum Gasteiger partial charge on any atom is -0.477 e. The van der Waals surface area contributed by atoms with Crippen LogP contribution in [0.2, 0.25) is 0 Å². The van der Waals surface area contributed by atoms with Gasteiger partial charge in [0.05, 0.1) is 5.69 Å². The van der Waals surface area contributed by atoms with E-state index >= 15 is 0 Å². The van der Waals surface area contributed by atoms with Crippen LogP contribution in [0.5, 0.6) is 0 Å². The van der Waals surface area contributed by atoms with Crippen LogP contribution in [-0.4, -0.2) is 36.9 Å². The Labute approximate surface area is 103 Å². The molecule has 0 atom stereocenters. The summed E-state index contributed by atoms with van der Waals surface area (Å²) in [5, 5.41) is 10.4. The molecule has 0 spiro atoms. The number of carboxylic acids is 1. The van der Waals surface area contributed by atoms with Crippen molar-refractivity contribution in [2.45, 2.75) is 12.8 Å². The maximum absolute atomic E-state index is 11.9. The average molecular weight is 276 g/mol. The lowest BCUT2D eigenvalue weighted by molar-refractivity contribution is 0.0703. The van der Waals surface area contributed by atoms with Crippen LogP contribution in [0.1, 0.15) is 22.5 Å². The first-order chi connectivity index (χ1) is 8.00. The second-order valence-corrected chi connectivity index (χ2v) is 6.27. The Morgan fingerprint density at radius 2 is 2.06 bits per heavy atom. The fourth-order valence-electron chi connectivity index (χ4n) is 1.69. The van der Waals surface area contributed by atoms with Gasteiger partial charge in [-0.2, -0.15) is 12.7 Å². The van der Waals surface area contributed by atoms with E-state index in [2.05, 4.69) is 4.72 Å². The van der Waals surface area contributed by atoms with Gasteiger partial charge in [-0.25, -0.2) is 4.79 Å². The van der Waals surface area contributed by atoms with E-state index in [1.807, 2.05) is 0 Å². The number of carbonyl (C=O) groups is 1. The molecule has 1 aliphatic rings. The third-order valence-corrected chi connectivity index (χ3v) is 4.93. The standard InChI is InChI=1S/C9H12N2O4S2/c12-9(13)8-7(3-6-16-8)10-17(14,15)11-4-1-2-5-11/h3,6,10H,1-2,4-5H2,(H,12,13). The van der Waals surface area contributed by atoms with E-state index in [1.165, 1.54) is 10.4 Å². The minimum absolute atomic E-state index is 0.00720. The highest BCUT2D eigenvalue weighted by atomic mass is 32.2. The molecule has 0 amide bonds. The lowest BCUT2D eigenvalue weighted by atomic mass is 10.4. The molecule has 0 unspecified atom stereocenters. The van der Waals surface area contributed by atoms with Gasteiger partial charge in [-0.3, -0.25) is 4.72 Å². The lowest BCUT2D eigenvalue weighted by Gasteiger charge is -2.16. The van der Waals surface area contributed by atoms with Gasteiger partial charge in [0, 0.05) is 13.1 Å². The van der Waals surface area contributed by atoms with Crippen molar-refractivity contribution in [3.05, 3.63) is 16.3 Å². The number of thiophene rings is 1. The van der Waals surface area contributed by atoms with Crippen molar-refractivity contribution in [3.63, 3.8) is 0 Å². The zero-order valence-corrected chi connectivity index (χ0v) is 10.6. The summed E-state index contributed by atoms with van der Waals surface area (Å²) in [6, 6.07) is 1.46. The van der Waals surface area contributed by atoms with Gasteiger partial charge in [0.2, 0.25) is 0 Å². The molecule has 94 valence electrons. The van der Waals surface area contributed by atoms with Crippen molar-refractivity contribution >= 4 is 33.2 Å². The average Bonchev–Trinajstić information content (AvgIpc) is 2.85. The summed E-state index contributed by atoms with van der Waals surface area (Å²) in [7, 11) is -3.61. The SMILES string of the molecule is O=C(O)c1sccc1NS(=O)(=O)N1CCCC1. The Balaban J connectivity index is 2.20. The number of anilines is 1. The van der Waals surface area contributed by atoms with Gasteiger partial charge in [-0.15, -0.1) is 11.3 Å². The molecule has 1 aromatic rings. The summed E-state index contributed by atoms with van der Waals surface area (Å²) in [5.41, 5.74) is 0.134. The van der Waals surface area contributed by atoms with E-state index < -0.39 is 16.2 Å². The summed E-state index contributed by atoms with van der Waals surface area (Å²) < 4.78 is 27.5. The molecule has 0 radical (unpaired) electrons. The second-order valence-electron chi connectivity index (χ2n) is 3.68. The first-order valence-corrected chi connectivity index (χ1v) is 7.41. The quantitative estimate of drug-likeness (QED) is 0.865. The van der Waals surface area contributed by atoms with Crippen LogP contribution in [0.15, 0.2) is 11.4 Å². The first-order valence-electron chi connectivity index (χ1n) is 5.09. The van der Waals surface area contributed by atoms with Gasteiger partial charge < -0.3 is 5.11 Å². The largest absolute Gasteiger partial charge is 0.477 e. The van der Waals surface area contributed by atoms with E-state index in [1.54, 1.807) is 5.38 Å². The van der Waals surface area contributed by atoms with E-state index in [9.17, 15) is 13.2 Å². The zero-order chi connectivity index (χ0) is 12.5. The summed E-state index contributed by atoms with van der Waals surface area (Å²) in [6.45, 7) is 0.976. The summed E-state index contributed by atoms with van der Waals surface area (Å²) in [6.07, 6.45) is 1.69. The smallest absolute Gasteiger partial charge is 0.348 e. The topological polar surface area (TPSA) is 86.7 Å². The number of nitrogens with one attached hydrogen (secondary N) is 1. The normalized spacial score (nSPS) is 17.2. The highest BCUT2D eigenvalue weighted by Gasteiger charge is 2.26. The number of nitrogens with zero attached hydrogens (tertiary/aromatic N) is 1. The molecule has 2 heterocycles. The third kappa shape index (κ3) is 2.59. The summed E-state index contributed by atoms with van der Waals surface area (Å²) in [5.74, 6) is -1.13. The van der Waals surface area contributed by atoms with Crippen molar-refractivity contribution in [2.75, 3.05) is 17.8 Å². The minimum atomic E-state index is -3.61. The van der Waals surface area contributed by atoms with Crippen molar-refractivity contribution in [1.82, 2.24) is 4.31 Å². The van der Waals surface area contributed by atoms with Gasteiger partial charge in [-0.05, 0) is 24.3 Å². The molecular weight excluding hydrogens is 264 g/mol. The molecule has 2 rings (SSSR count). The molecular formula is C9H12N2O4S2. The van der Waals surface area contributed by atoms with Crippen molar-refractivity contribution in [1.29, 1.82) is 0 Å². The second kappa shape index (κ2) is 4.63. The fourth-order valence-corrected chi connectivity index (χ4v) is 3.75. The Morgan fingerprint density at radius 1 is 1.41 bits per heavy atom. The number of carboxylic acid groups (broad SMARTS) is 1.